The average molecular weight is 875 g/mol. The van der Waals surface area contributed by atoms with Gasteiger partial charge in [-0.2, -0.15) is 0 Å². The van der Waals surface area contributed by atoms with E-state index >= 15 is 0 Å². The van der Waals surface area contributed by atoms with Crippen molar-refractivity contribution in [3.05, 3.63) is 146 Å². The second kappa shape index (κ2) is 16.3. The number of allylic oxidation sites excluding steroid dienone is 9. The Hall–Kier alpha value is -0.714. The van der Waals surface area contributed by atoms with Crippen molar-refractivity contribution in [3.63, 3.8) is 0 Å². The van der Waals surface area contributed by atoms with Gasteiger partial charge in [-0.1, -0.05) is 38.8 Å². The number of rotatable bonds is 2. The molecule has 0 amide bonds. The molecule has 1 unspecified atom stereocenters. The molecule has 0 saturated carbocycles. The van der Waals surface area contributed by atoms with Crippen molar-refractivity contribution < 1.29 is 68.9 Å². The Morgan fingerprint density at radius 1 is 0.562 bits per heavy atom. The van der Waals surface area contributed by atoms with Crippen LogP contribution >= 0.6 is 17.0 Å². The molecule has 6 heteroatoms. The zero-order valence-electron chi connectivity index (χ0n) is 29.7. The van der Waals surface area contributed by atoms with E-state index in [4.69, 9.17) is 17.0 Å². The van der Waals surface area contributed by atoms with Crippen molar-refractivity contribution in [1.29, 1.82) is 0 Å². The summed E-state index contributed by atoms with van der Waals surface area (Å²) in [5, 5.41) is 0. The summed E-state index contributed by atoms with van der Waals surface area (Å²) >= 11 is -0.542. The summed E-state index contributed by atoms with van der Waals surface area (Å²) in [6.45, 7) is 23.3. The van der Waals surface area contributed by atoms with Crippen LogP contribution in [-0.2, 0) is 44.1 Å². The summed E-state index contributed by atoms with van der Waals surface area (Å²) in [5.74, 6) is 0. The summed E-state index contributed by atoms with van der Waals surface area (Å²) < 4.78 is 1.02. The molecule has 3 aromatic rings. The van der Waals surface area contributed by atoms with E-state index in [1.54, 1.807) is 35.9 Å². The van der Waals surface area contributed by atoms with Gasteiger partial charge in [-0.3, -0.25) is 0 Å². The summed E-state index contributed by atoms with van der Waals surface area (Å²) in [4.78, 5) is 0. The molecule has 0 spiro atoms. The van der Waals surface area contributed by atoms with Crippen LogP contribution in [0.3, 0.4) is 0 Å². The fourth-order valence-electron chi connectivity index (χ4n) is 7.78. The fraction of sp³-hybridized carbons (Fsp3) is 0.333. The van der Waals surface area contributed by atoms with E-state index in [1.807, 2.05) is 12.1 Å². The first-order chi connectivity index (χ1) is 21.6. The van der Waals surface area contributed by atoms with Crippen molar-refractivity contribution >= 4 is 23.1 Å². The Bertz CT molecular complexity index is 1750. The van der Waals surface area contributed by atoms with Crippen molar-refractivity contribution in [3.8, 4) is 11.1 Å². The molecule has 0 heterocycles. The molecule has 7 rings (SSSR count). The number of benzene rings is 3. The third kappa shape index (κ3) is 7.44. The molecule has 1 atom stereocenters. The van der Waals surface area contributed by atoms with Crippen LogP contribution in [0.25, 0.3) is 17.2 Å². The molecule has 0 nitrogen and oxygen atoms in total. The van der Waals surface area contributed by atoms with Gasteiger partial charge in [0.15, 0.2) is 0 Å². The van der Waals surface area contributed by atoms with Gasteiger partial charge in [0, 0.05) is 10.8 Å². The molecule has 250 valence electrons. The van der Waals surface area contributed by atoms with Gasteiger partial charge in [0.2, 0.25) is 0 Å². The van der Waals surface area contributed by atoms with Gasteiger partial charge in [-0.15, -0.1) is 0 Å². The van der Waals surface area contributed by atoms with Gasteiger partial charge >= 0.3 is 187 Å². The quantitative estimate of drug-likeness (QED) is 0.253. The number of hydrogen-bond donors (Lipinski definition) is 0. The van der Waals surface area contributed by atoms with Gasteiger partial charge in [0.25, 0.3) is 0 Å². The summed E-state index contributed by atoms with van der Waals surface area (Å²) in [7, 11) is 12.0. The van der Waals surface area contributed by atoms with Gasteiger partial charge in [-0.05, 0) is 75.0 Å². The van der Waals surface area contributed by atoms with Crippen molar-refractivity contribution in [2.45, 2.75) is 76.5 Å². The molecule has 0 radical (unpaired) electrons. The standard InChI is InChI=1S/C20H30.C13H9.C9H7.4ClH.2Zr/c1-11-13(3)17(19(7,8)15(11)5)18-14(4)12(2)16(6)20(18,9)10;1-3-7-12-10(5-1)9-11-6-2-4-8-13(11)12;1-2-5-9-7-3-6-8(9)4-1;;;;;;/h1-10H3;1-9H;1-7H;4*1H;;/q;;;;;;;2*+2/p-4. The molecule has 4 aliphatic carbocycles. The second-order valence-electron chi connectivity index (χ2n) is 14.1. The SMILES string of the molecule is CC1=C(C)C(C)(C)C(C2=C(C)C(C)=C(C)C2(C)C)=C1C.[Cl-].[Cl-].[Cl][Zr]([Cl])[CH]1C=Cc2ccccc21.[Zr+2][CH]1c2ccccc2-c2ccccc21. The van der Waals surface area contributed by atoms with E-state index in [2.05, 4.69) is 142 Å². The van der Waals surface area contributed by atoms with E-state index in [-0.39, 0.29) is 35.6 Å². The van der Waals surface area contributed by atoms with Gasteiger partial charge in [-0.25, -0.2) is 0 Å². The van der Waals surface area contributed by atoms with Crippen molar-refractivity contribution in [1.82, 2.24) is 0 Å². The van der Waals surface area contributed by atoms with Crippen LogP contribution in [0.4, 0.5) is 0 Å². The molecule has 0 fully saturated rings. The Kier molecular flexibility index (Phi) is 14.2. The Morgan fingerprint density at radius 3 is 1.31 bits per heavy atom. The van der Waals surface area contributed by atoms with Crippen LogP contribution in [0.5, 0.6) is 0 Å². The molecule has 4 aliphatic rings. The number of halogens is 4. The molecular formula is C42H46Cl4Zr2. The molecule has 0 aromatic heterocycles. The predicted octanol–water partition coefficient (Wildman–Crippen LogP) is 7.36. The van der Waals surface area contributed by atoms with Gasteiger partial charge < -0.3 is 24.8 Å². The van der Waals surface area contributed by atoms with E-state index in [0.717, 1.165) is 0 Å². The van der Waals surface area contributed by atoms with E-state index < -0.39 is 19.4 Å². The first kappa shape index (κ1) is 41.7. The molecular weight excluding hydrogens is 829 g/mol. The van der Waals surface area contributed by atoms with Gasteiger partial charge in [0.1, 0.15) is 0 Å². The van der Waals surface area contributed by atoms with Crippen LogP contribution in [0, 0.1) is 10.8 Å². The Balaban J connectivity index is 0.000000198. The molecule has 0 saturated heterocycles. The summed E-state index contributed by atoms with van der Waals surface area (Å²) in [6, 6.07) is 25.8. The van der Waals surface area contributed by atoms with E-state index in [9.17, 15) is 0 Å². The maximum absolute atomic E-state index is 6.02. The van der Waals surface area contributed by atoms with Crippen LogP contribution in [0.15, 0.2) is 123 Å². The first-order valence-corrected chi connectivity index (χ1v) is 25.4. The van der Waals surface area contributed by atoms with E-state index in [1.165, 1.54) is 66.8 Å². The summed E-state index contributed by atoms with van der Waals surface area (Å²) in [6.07, 6.45) is 4.25. The summed E-state index contributed by atoms with van der Waals surface area (Å²) in [5.41, 5.74) is 21.0. The second-order valence-corrected chi connectivity index (χ2v) is 24.4. The molecule has 0 bridgehead atoms. The average Bonchev–Trinajstić information content (AvgIpc) is 3.68. The van der Waals surface area contributed by atoms with Crippen LogP contribution in [0.1, 0.15) is 98.7 Å². The molecule has 0 aliphatic heterocycles. The third-order valence-electron chi connectivity index (χ3n) is 11.2. The number of hydrogen-bond acceptors (Lipinski definition) is 0. The van der Waals surface area contributed by atoms with Crippen LogP contribution < -0.4 is 24.8 Å². The first-order valence-electron chi connectivity index (χ1n) is 16.3. The van der Waals surface area contributed by atoms with E-state index in [0.29, 0.717) is 7.25 Å². The molecule has 0 N–H and O–H groups in total. The molecule has 48 heavy (non-hydrogen) atoms. The minimum atomic E-state index is -2.13. The normalized spacial score (nSPS) is 19.5. The Morgan fingerprint density at radius 2 is 0.938 bits per heavy atom. The maximum atomic E-state index is 6.02. The van der Waals surface area contributed by atoms with Crippen molar-refractivity contribution in [2.75, 3.05) is 0 Å². The van der Waals surface area contributed by atoms with Crippen LogP contribution in [-0.4, -0.2) is 0 Å². The van der Waals surface area contributed by atoms with Crippen LogP contribution in [0.2, 0.25) is 0 Å². The fourth-order valence-corrected chi connectivity index (χ4v) is 13.1. The Labute approximate surface area is 332 Å². The monoisotopic (exact) mass is 870 g/mol. The predicted molar refractivity (Wildman–Crippen MR) is 193 cm³/mol. The zero-order chi connectivity index (χ0) is 33.7. The number of fused-ring (bicyclic) bond motifs is 4. The topological polar surface area (TPSA) is 0 Å². The zero-order valence-corrected chi connectivity index (χ0v) is 37.7. The minimum absolute atomic E-state index is 0. The van der Waals surface area contributed by atoms with Gasteiger partial charge in [0.05, 0.1) is 0 Å². The third-order valence-corrected chi connectivity index (χ3v) is 17.9. The van der Waals surface area contributed by atoms with Crippen molar-refractivity contribution in [2.24, 2.45) is 10.8 Å². The molecule has 3 aromatic carbocycles.